The highest BCUT2D eigenvalue weighted by molar-refractivity contribution is 6.56. The molecule has 0 bridgehead atoms. The smallest absolute Gasteiger partial charge is 0.0791 e. The van der Waals surface area contributed by atoms with Crippen LogP contribution < -0.4 is 10.5 Å². The van der Waals surface area contributed by atoms with Crippen LogP contribution in [0.1, 0.15) is 48.0 Å². The predicted molar refractivity (Wildman–Crippen MR) is 102 cm³/mol. The van der Waals surface area contributed by atoms with Gasteiger partial charge in [0, 0.05) is 11.2 Å². The lowest BCUT2D eigenvalue weighted by Gasteiger charge is -2.33. The fraction of sp³-hybridized carbons (Fsp3) is 0.500. The number of hydrogen-bond acceptors (Lipinski definition) is 1. The minimum absolute atomic E-state index is 0.144. The minimum atomic E-state index is -0.405. The molecule has 22 heavy (non-hydrogen) atoms. The molecule has 1 aliphatic carbocycles. The van der Waals surface area contributed by atoms with Crippen LogP contribution in [0.2, 0.25) is 0 Å². The summed E-state index contributed by atoms with van der Waals surface area (Å²) in [7, 11) is -0.405. The third-order valence-corrected chi connectivity index (χ3v) is 6.13. The number of benzene rings is 1. The van der Waals surface area contributed by atoms with Gasteiger partial charge in [0.25, 0.3) is 0 Å². The summed E-state index contributed by atoms with van der Waals surface area (Å²) in [6.45, 7) is 13.8. The van der Waals surface area contributed by atoms with Crippen LogP contribution in [-0.4, -0.2) is 20.7 Å². The van der Waals surface area contributed by atoms with Crippen molar-refractivity contribution in [2.75, 3.05) is 0 Å². The van der Waals surface area contributed by atoms with Crippen LogP contribution in [0.25, 0.3) is 0 Å². The summed E-state index contributed by atoms with van der Waals surface area (Å²) in [6, 6.07) is 11.0. The molecule has 0 aliphatic heterocycles. The first-order chi connectivity index (χ1) is 10.2. The molecule has 0 radical (unpaired) electrons. The summed E-state index contributed by atoms with van der Waals surface area (Å²) >= 11 is 0. The van der Waals surface area contributed by atoms with Crippen LogP contribution in [0, 0.1) is 5.41 Å². The zero-order valence-electron chi connectivity index (χ0n) is 15.0. The molecule has 1 aliphatic rings. The number of allylic oxidation sites excluding steroid dienone is 3. The maximum atomic E-state index is 3.91. The van der Waals surface area contributed by atoms with Crippen molar-refractivity contribution in [1.29, 1.82) is 0 Å². The summed E-state index contributed by atoms with van der Waals surface area (Å²) in [5, 5.41) is 5.45. The van der Waals surface area contributed by atoms with E-state index in [2.05, 4.69) is 89.3 Å². The van der Waals surface area contributed by atoms with Crippen molar-refractivity contribution in [2.45, 2.75) is 59.2 Å². The second-order valence-electron chi connectivity index (χ2n) is 8.43. The molecule has 1 nitrogen and oxygen atoms in total. The zero-order valence-corrected chi connectivity index (χ0v) is 16.4. The fourth-order valence-electron chi connectivity index (χ4n) is 3.22. The molecule has 2 rings (SSSR count). The Morgan fingerprint density at radius 2 is 1.64 bits per heavy atom. The lowest BCUT2D eigenvalue weighted by atomic mass is 9.84. The van der Waals surface area contributed by atoms with E-state index in [1.165, 1.54) is 10.8 Å². The molecule has 0 saturated heterocycles. The topological polar surface area (TPSA) is 12.0 Å². The Hall–Kier alpha value is -1.12. The highest BCUT2D eigenvalue weighted by Gasteiger charge is 2.28. The first-order valence-corrected chi connectivity index (χ1v) is 9.91. The van der Waals surface area contributed by atoms with Gasteiger partial charge in [-0.05, 0) is 43.8 Å². The predicted octanol–water partition coefficient (Wildman–Crippen LogP) is 3.50. The molecule has 120 valence electrons. The molecule has 0 amide bonds. The molecule has 0 fully saturated rings. The first-order valence-electron chi connectivity index (χ1n) is 8.38. The van der Waals surface area contributed by atoms with Crippen LogP contribution in [-0.2, 0) is 0 Å². The SMILES string of the molecule is CC(C)(C)NC([SiH2]c1ccccc1)C1=C(C(C)(C)C)C=CC1. The Morgan fingerprint density at radius 1 is 1.00 bits per heavy atom. The van der Waals surface area contributed by atoms with Crippen molar-refractivity contribution >= 4 is 14.7 Å². The highest BCUT2D eigenvalue weighted by atomic mass is 28.2. The maximum Gasteiger partial charge on any atom is 0.0791 e. The van der Waals surface area contributed by atoms with Gasteiger partial charge < -0.3 is 5.32 Å². The van der Waals surface area contributed by atoms with Gasteiger partial charge in [0.1, 0.15) is 0 Å². The van der Waals surface area contributed by atoms with Crippen molar-refractivity contribution in [3.63, 3.8) is 0 Å². The van der Waals surface area contributed by atoms with E-state index in [1.807, 2.05) is 0 Å². The average molecular weight is 314 g/mol. The van der Waals surface area contributed by atoms with E-state index in [0.717, 1.165) is 6.42 Å². The lowest BCUT2D eigenvalue weighted by Crippen LogP contribution is -2.50. The van der Waals surface area contributed by atoms with E-state index >= 15 is 0 Å². The van der Waals surface area contributed by atoms with Crippen LogP contribution in [0.5, 0.6) is 0 Å². The number of nitrogens with one attached hydrogen (secondary N) is 1. The standard InChI is InChI=1S/C20H31NSi/c1-19(2,3)17-14-10-13-16(17)18(21-20(4,5)6)22-15-11-8-7-9-12-15/h7-12,14,18,21H,13,22H2,1-6H3. The third-order valence-electron chi connectivity index (χ3n) is 4.09. The summed E-state index contributed by atoms with van der Waals surface area (Å²) in [6.07, 6.45) is 5.80. The average Bonchev–Trinajstić information content (AvgIpc) is 2.86. The zero-order chi connectivity index (χ0) is 16.4. The maximum absolute atomic E-state index is 3.91. The van der Waals surface area contributed by atoms with Gasteiger partial charge in [-0.1, -0.05) is 68.4 Å². The first kappa shape index (κ1) is 17.2. The Morgan fingerprint density at radius 3 is 2.18 bits per heavy atom. The van der Waals surface area contributed by atoms with Gasteiger partial charge in [-0.2, -0.15) is 0 Å². The van der Waals surface area contributed by atoms with Crippen LogP contribution in [0.4, 0.5) is 0 Å². The van der Waals surface area contributed by atoms with E-state index < -0.39 is 9.52 Å². The molecular formula is C20H31NSi. The van der Waals surface area contributed by atoms with E-state index in [4.69, 9.17) is 0 Å². The molecule has 0 aromatic heterocycles. The molecule has 1 atom stereocenters. The molecule has 1 N–H and O–H groups in total. The van der Waals surface area contributed by atoms with Gasteiger partial charge in [0.15, 0.2) is 0 Å². The highest BCUT2D eigenvalue weighted by Crippen LogP contribution is 2.35. The van der Waals surface area contributed by atoms with E-state index in [1.54, 1.807) is 5.57 Å². The van der Waals surface area contributed by atoms with Crippen molar-refractivity contribution in [3.05, 3.63) is 53.6 Å². The van der Waals surface area contributed by atoms with Crippen molar-refractivity contribution < 1.29 is 0 Å². The van der Waals surface area contributed by atoms with Crippen molar-refractivity contribution in [1.82, 2.24) is 5.32 Å². The minimum Gasteiger partial charge on any atom is -0.308 e. The number of rotatable bonds is 4. The third kappa shape index (κ3) is 4.69. The Balaban J connectivity index is 2.33. The van der Waals surface area contributed by atoms with Gasteiger partial charge in [0.2, 0.25) is 0 Å². The summed E-state index contributed by atoms with van der Waals surface area (Å²) in [4.78, 5) is 0. The largest absolute Gasteiger partial charge is 0.308 e. The lowest BCUT2D eigenvalue weighted by molar-refractivity contribution is 0.419. The summed E-state index contributed by atoms with van der Waals surface area (Å²) < 4.78 is 0. The van der Waals surface area contributed by atoms with E-state index in [-0.39, 0.29) is 11.0 Å². The molecule has 1 aromatic carbocycles. The molecule has 0 spiro atoms. The van der Waals surface area contributed by atoms with Gasteiger partial charge in [-0.3, -0.25) is 0 Å². The van der Waals surface area contributed by atoms with Crippen LogP contribution in [0.15, 0.2) is 53.6 Å². The second kappa shape index (κ2) is 6.55. The summed E-state index contributed by atoms with van der Waals surface area (Å²) in [5.41, 5.74) is 4.07. The summed E-state index contributed by atoms with van der Waals surface area (Å²) in [5.74, 6) is 0. The molecule has 0 saturated carbocycles. The van der Waals surface area contributed by atoms with E-state index in [0.29, 0.717) is 5.67 Å². The Labute approximate surface area is 138 Å². The fourth-order valence-corrected chi connectivity index (χ4v) is 5.58. The number of hydrogen-bond donors (Lipinski definition) is 1. The molecular weight excluding hydrogens is 282 g/mol. The van der Waals surface area contributed by atoms with Gasteiger partial charge in [-0.25, -0.2) is 0 Å². The molecule has 1 unspecified atom stereocenters. The van der Waals surface area contributed by atoms with Crippen LogP contribution in [0.3, 0.4) is 0 Å². The monoisotopic (exact) mass is 313 g/mol. The van der Waals surface area contributed by atoms with Crippen molar-refractivity contribution in [3.8, 4) is 0 Å². The van der Waals surface area contributed by atoms with E-state index in [9.17, 15) is 0 Å². The van der Waals surface area contributed by atoms with Gasteiger partial charge in [-0.15, -0.1) is 0 Å². The quantitative estimate of drug-likeness (QED) is 0.839. The molecule has 2 heteroatoms. The Bertz CT molecular complexity index is 556. The van der Waals surface area contributed by atoms with Crippen molar-refractivity contribution in [2.24, 2.45) is 5.41 Å². The van der Waals surface area contributed by atoms with Crippen LogP contribution >= 0.6 is 0 Å². The Kier molecular flexibility index (Phi) is 5.13. The second-order valence-corrected chi connectivity index (χ2v) is 10.5. The molecule has 1 aromatic rings. The normalized spacial score (nSPS) is 17.7. The van der Waals surface area contributed by atoms with Gasteiger partial charge >= 0.3 is 0 Å². The van der Waals surface area contributed by atoms with Gasteiger partial charge in [0.05, 0.1) is 9.52 Å². The molecule has 0 heterocycles.